The van der Waals surface area contributed by atoms with E-state index >= 15 is 0 Å². The first-order chi connectivity index (χ1) is 4.57. The highest BCUT2D eigenvalue weighted by Gasteiger charge is 1.99. The average molecular weight is 222 g/mol. The lowest BCUT2D eigenvalue weighted by Crippen LogP contribution is -1.93. The summed E-state index contributed by atoms with van der Waals surface area (Å²) in [5.74, 6) is 0. The second kappa shape index (κ2) is 4.57. The SMILES string of the molecule is C=C(C)S/C(C=O)=C(\N)Br. The van der Waals surface area contributed by atoms with Crippen molar-refractivity contribution in [2.24, 2.45) is 5.73 Å². The van der Waals surface area contributed by atoms with Gasteiger partial charge < -0.3 is 5.73 Å². The molecule has 4 heteroatoms. The first-order valence-corrected chi connectivity index (χ1v) is 4.12. The van der Waals surface area contributed by atoms with Crippen LogP contribution in [0.1, 0.15) is 6.92 Å². The third-order valence-corrected chi connectivity index (χ3v) is 2.20. The van der Waals surface area contributed by atoms with E-state index in [1.54, 1.807) is 0 Å². The Morgan fingerprint density at radius 2 is 2.30 bits per heavy atom. The molecule has 0 aliphatic rings. The van der Waals surface area contributed by atoms with Gasteiger partial charge in [-0.25, -0.2) is 0 Å². The van der Waals surface area contributed by atoms with Crippen molar-refractivity contribution in [1.82, 2.24) is 0 Å². The summed E-state index contributed by atoms with van der Waals surface area (Å²) >= 11 is 4.25. The summed E-state index contributed by atoms with van der Waals surface area (Å²) in [7, 11) is 0. The lowest BCUT2D eigenvalue weighted by atomic mass is 10.7. The molecule has 0 fully saturated rings. The standard InChI is InChI=1S/C6H8BrNOS/c1-4(2)10-5(3-9)6(7)8/h3H,1,8H2,2H3/b6-5-. The fourth-order valence-electron chi connectivity index (χ4n) is 0.317. The van der Waals surface area contributed by atoms with E-state index in [1.165, 1.54) is 11.8 Å². The number of hydrogen-bond donors (Lipinski definition) is 1. The molecule has 0 aromatic rings. The molecule has 0 saturated carbocycles. The largest absolute Gasteiger partial charge is 0.392 e. The second-order valence-corrected chi connectivity index (χ2v) is 3.83. The van der Waals surface area contributed by atoms with E-state index in [4.69, 9.17) is 5.73 Å². The van der Waals surface area contributed by atoms with Crippen LogP contribution in [0, 0.1) is 0 Å². The van der Waals surface area contributed by atoms with Gasteiger partial charge in [-0.05, 0) is 27.8 Å². The third-order valence-electron chi connectivity index (χ3n) is 0.627. The van der Waals surface area contributed by atoms with Crippen LogP contribution in [0.5, 0.6) is 0 Å². The normalized spacial score (nSPS) is 12.2. The van der Waals surface area contributed by atoms with Crippen LogP contribution in [0.15, 0.2) is 21.0 Å². The third kappa shape index (κ3) is 3.74. The van der Waals surface area contributed by atoms with Gasteiger partial charge in [-0.2, -0.15) is 0 Å². The van der Waals surface area contributed by atoms with Crippen LogP contribution in [0.4, 0.5) is 0 Å². The maximum atomic E-state index is 10.3. The Morgan fingerprint density at radius 3 is 2.40 bits per heavy atom. The van der Waals surface area contributed by atoms with Gasteiger partial charge in [0, 0.05) is 0 Å². The van der Waals surface area contributed by atoms with Gasteiger partial charge in [0.15, 0.2) is 6.29 Å². The minimum Gasteiger partial charge on any atom is -0.392 e. The van der Waals surface area contributed by atoms with E-state index in [-0.39, 0.29) is 0 Å². The highest BCUT2D eigenvalue weighted by atomic mass is 79.9. The van der Waals surface area contributed by atoms with Crippen LogP contribution >= 0.6 is 27.7 Å². The molecule has 10 heavy (non-hydrogen) atoms. The van der Waals surface area contributed by atoms with Gasteiger partial charge in [-0.15, -0.1) is 0 Å². The zero-order valence-corrected chi connectivity index (χ0v) is 7.96. The Hall–Kier alpha value is -0.220. The summed E-state index contributed by atoms with van der Waals surface area (Å²) in [6, 6.07) is 0. The van der Waals surface area contributed by atoms with Crippen LogP contribution in [-0.4, -0.2) is 6.29 Å². The quantitative estimate of drug-likeness (QED) is 0.451. The van der Waals surface area contributed by atoms with Crippen molar-refractivity contribution in [3.63, 3.8) is 0 Å². The summed E-state index contributed by atoms with van der Waals surface area (Å²) in [4.78, 5) is 11.6. The maximum absolute atomic E-state index is 10.3. The van der Waals surface area contributed by atoms with Crippen molar-refractivity contribution in [1.29, 1.82) is 0 Å². The van der Waals surface area contributed by atoms with Crippen molar-refractivity contribution in [3.8, 4) is 0 Å². The monoisotopic (exact) mass is 221 g/mol. The fourth-order valence-corrected chi connectivity index (χ4v) is 1.17. The number of aldehydes is 1. The number of allylic oxidation sites excluding steroid dienone is 2. The van der Waals surface area contributed by atoms with Crippen molar-refractivity contribution in [2.75, 3.05) is 0 Å². The molecule has 2 nitrogen and oxygen atoms in total. The smallest absolute Gasteiger partial charge is 0.159 e. The molecular weight excluding hydrogens is 214 g/mol. The van der Waals surface area contributed by atoms with Crippen LogP contribution in [0.25, 0.3) is 0 Å². The molecule has 0 amide bonds. The molecule has 0 aliphatic carbocycles. The Bertz CT molecular complexity index is 184. The zero-order valence-electron chi connectivity index (χ0n) is 5.56. The molecule has 0 aliphatic heterocycles. The molecule has 0 aromatic carbocycles. The molecule has 0 saturated heterocycles. The zero-order chi connectivity index (χ0) is 8.15. The number of halogens is 1. The number of carbonyl (C=O) groups is 1. The van der Waals surface area contributed by atoms with Crippen LogP contribution < -0.4 is 5.73 Å². The lowest BCUT2D eigenvalue weighted by molar-refractivity contribution is -0.104. The summed E-state index contributed by atoms with van der Waals surface area (Å²) < 4.78 is 0.357. The number of nitrogens with two attached hydrogens (primary N) is 1. The second-order valence-electron chi connectivity index (χ2n) is 1.63. The lowest BCUT2D eigenvalue weighted by Gasteiger charge is -1.97. The van der Waals surface area contributed by atoms with Crippen LogP contribution in [-0.2, 0) is 4.79 Å². The number of thioether (sulfide) groups is 1. The molecule has 0 rings (SSSR count). The Labute approximate surface area is 72.7 Å². The van der Waals surface area contributed by atoms with Gasteiger partial charge in [0.2, 0.25) is 0 Å². The first kappa shape index (κ1) is 9.78. The van der Waals surface area contributed by atoms with Crippen molar-refractivity contribution in [3.05, 3.63) is 21.0 Å². The molecule has 0 bridgehead atoms. The van der Waals surface area contributed by atoms with E-state index in [2.05, 4.69) is 22.5 Å². The first-order valence-electron chi connectivity index (χ1n) is 2.51. The molecule has 0 radical (unpaired) electrons. The van der Waals surface area contributed by atoms with Crippen molar-refractivity contribution >= 4 is 34.0 Å². The highest BCUT2D eigenvalue weighted by molar-refractivity contribution is 9.11. The topological polar surface area (TPSA) is 43.1 Å². The molecule has 56 valence electrons. The minimum atomic E-state index is 0.357. The van der Waals surface area contributed by atoms with Gasteiger partial charge in [0.1, 0.15) is 0 Å². The van der Waals surface area contributed by atoms with E-state index in [0.717, 1.165) is 4.91 Å². The number of carbonyl (C=O) groups excluding carboxylic acids is 1. The van der Waals surface area contributed by atoms with Gasteiger partial charge in [-0.1, -0.05) is 18.3 Å². The predicted octanol–water partition coefficient (Wildman–Crippen LogP) is 1.97. The summed E-state index contributed by atoms with van der Waals surface area (Å²) in [5.41, 5.74) is 5.30. The molecule has 0 heterocycles. The van der Waals surface area contributed by atoms with Crippen molar-refractivity contribution in [2.45, 2.75) is 6.92 Å². The minimum absolute atomic E-state index is 0.357. The van der Waals surface area contributed by atoms with Gasteiger partial charge in [-0.3, -0.25) is 4.79 Å². The molecule has 0 atom stereocenters. The molecule has 0 spiro atoms. The van der Waals surface area contributed by atoms with Crippen molar-refractivity contribution < 1.29 is 4.79 Å². The van der Waals surface area contributed by atoms with E-state index in [1.807, 2.05) is 6.92 Å². The average Bonchev–Trinajstić information content (AvgIpc) is 1.81. The Morgan fingerprint density at radius 1 is 1.80 bits per heavy atom. The molecular formula is C6H8BrNOS. The van der Waals surface area contributed by atoms with Gasteiger partial charge in [0.25, 0.3) is 0 Å². The van der Waals surface area contributed by atoms with Crippen LogP contribution in [0.2, 0.25) is 0 Å². The molecule has 2 N–H and O–H groups in total. The van der Waals surface area contributed by atoms with Gasteiger partial charge in [0.05, 0.1) is 9.51 Å². The Kier molecular flexibility index (Phi) is 4.47. The summed E-state index contributed by atoms with van der Waals surface area (Å²) in [6.45, 7) is 5.43. The number of rotatable bonds is 3. The molecule has 0 aromatic heterocycles. The van der Waals surface area contributed by atoms with E-state index in [9.17, 15) is 4.79 Å². The van der Waals surface area contributed by atoms with E-state index in [0.29, 0.717) is 15.8 Å². The fraction of sp³-hybridized carbons (Fsp3) is 0.167. The number of hydrogen-bond acceptors (Lipinski definition) is 3. The van der Waals surface area contributed by atoms with Crippen LogP contribution in [0.3, 0.4) is 0 Å². The highest BCUT2D eigenvalue weighted by Crippen LogP contribution is 2.24. The van der Waals surface area contributed by atoms with Gasteiger partial charge >= 0.3 is 0 Å². The summed E-state index contributed by atoms with van der Waals surface area (Å²) in [6.07, 6.45) is 0.698. The van der Waals surface area contributed by atoms with E-state index < -0.39 is 0 Å². The maximum Gasteiger partial charge on any atom is 0.159 e. The Balaban J connectivity index is 4.25. The predicted molar refractivity (Wildman–Crippen MR) is 48.6 cm³/mol. The summed E-state index contributed by atoms with van der Waals surface area (Å²) in [5, 5.41) is 0. The molecule has 0 unspecified atom stereocenters.